The zero-order valence-corrected chi connectivity index (χ0v) is 23.0. The summed E-state index contributed by atoms with van der Waals surface area (Å²) in [5.74, 6) is -0.690. The second-order valence-electron chi connectivity index (χ2n) is 11.2. The van der Waals surface area contributed by atoms with Crippen molar-refractivity contribution in [2.75, 3.05) is 6.61 Å². The second-order valence-corrected chi connectivity index (χ2v) is 12.9. The van der Waals surface area contributed by atoms with E-state index in [-0.39, 0.29) is 23.1 Å². The second kappa shape index (κ2) is 10.3. The van der Waals surface area contributed by atoms with Crippen LogP contribution in [0.4, 0.5) is 0 Å². The molecule has 38 heavy (non-hydrogen) atoms. The Morgan fingerprint density at radius 3 is 2.63 bits per heavy atom. The molecule has 1 saturated carbocycles. The molecule has 0 unspecified atom stereocenters. The molecule has 8 heteroatoms. The minimum atomic E-state index is -1.01. The van der Waals surface area contributed by atoms with Crippen LogP contribution in [0.2, 0.25) is 0 Å². The van der Waals surface area contributed by atoms with Crippen molar-refractivity contribution in [3.8, 4) is 5.75 Å². The molecule has 3 aliphatic rings. The lowest BCUT2D eigenvalue weighted by Gasteiger charge is -2.45. The number of ether oxygens (including phenoxy) is 1. The average molecular weight is 537 g/mol. The highest BCUT2D eigenvalue weighted by atomic mass is 32.2. The Balaban J connectivity index is 1.47. The van der Waals surface area contributed by atoms with Gasteiger partial charge in [0, 0.05) is 4.75 Å². The molecule has 2 amide bonds. The summed E-state index contributed by atoms with van der Waals surface area (Å²) in [5, 5.41) is 12.5. The highest BCUT2D eigenvalue weighted by Gasteiger charge is 2.65. The standard InChI is InChI=1S/C30H36N2O5S/c1-4-16-37-22-14-8-12-21(18-22)30(15-9-13-20(30)17-19-10-6-5-7-11-19)28(36)31-23-25(33)32-24(27(34)35)29(2,3)38-26(23)32/h5-8,10-12,14,18,20,23-24,26H,4,9,13,15-17H2,1-3H3,(H,31,36)(H,34,35)/t20-,23+,24+,26+,30-/m0/s1. The molecule has 202 valence electrons. The maximum atomic E-state index is 14.4. The Labute approximate surface area is 228 Å². The molecule has 2 aliphatic heterocycles. The highest BCUT2D eigenvalue weighted by Crippen LogP contribution is 2.52. The molecule has 1 aliphatic carbocycles. The SMILES string of the molecule is CCCOc1cccc([C@]2(C(=O)N[C@@H]3C(=O)N4[C@@H]3SC(C)(C)[C@H]4C(=O)O)CCC[C@H]2Cc2ccccc2)c1. The number of hydrogen-bond donors (Lipinski definition) is 2. The van der Waals surface area contributed by atoms with Crippen LogP contribution in [0.25, 0.3) is 0 Å². The van der Waals surface area contributed by atoms with Crippen molar-refractivity contribution < 1.29 is 24.2 Å². The van der Waals surface area contributed by atoms with Crippen LogP contribution in [-0.2, 0) is 26.2 Å². The Hall–Kier alpha value is -3.00. The number of fused-ring (bicyclic) bond motifs is 1. The first-order valence-corrected chi connectivity index (χ1v) is 14.4. The summed E-state index contributed by atoms with van der Waals surface area (Å²) >= 11 is 1.45. The summed E-state index contributed by atoms with van der Waals surface area (Å²) in [6, 6.07) is 16.4. The topological polar surface area (TPSA) is 95.9 Å². The normalized spacial score (nSPS) is 29.4. The van der Waals surface area contributed by atoms with Gasteiger partial charge in [0.15, 0.2) is 0 Å². The van der Waals surface area contributed by atoms with Gasteiger partial charge in [-0.25, -0.2) is 4.79 Å². The van der Waals surface area contributed by atoms with Gasteiger partial charge in [0.2, 0.25) is 11.8 Å². The van der Waals surface area contributed by atoms with E-state index < -0.39 is 28.2 Å². The van der Waals surface area contributed by atoms with E-state index in [1.165, 1.54) is 22.2 Å². The van der Waals surface area contributed by atoms with Gasteiger partial charge < -0.3 is 20.1 Å². The maximum absolute atomic E-state index is 14.4. The Kier molecular flexibility index (Phi) is 7.20. The van der Waals surface area contributed by atoms with E-state index in [9.17, 15) is 19.5 Å². The third kappa shape index (κ3) is 4.46. The molecule has 5 rings (SSSR count). The number of rotatable bonds is 9. The first kappa shape index (κ1) is 26.6. The molecule has 7 nitrogen and oxygen atoms in total. The van der Waals surface area contributed by atoms with Gasteiger partial charge in [0.25, 0.3) is 0 Å². The van der Waals surface area contributed by atoms with Gasteiger partial charge in [-0.2, -0.15) is 0 Å². The van der Waals surface area contributed by atoms with Crippen LogP contribution in [-0.4, -0.2) is 56.6 Å². The molecular weight excluding hydrogens is 500 g/mol. The number of carbonyl (C=O) groups is 3. The van der Waals surface area contributed by atoms with Crippen LogP contribution >= 0.6 is 11.8 Å². The summed E-state index contributed by atoms with van der Waals surface area (Å²) in [4.78, 5) is 40.9. The molecular formula is C30H36N2O5S. The molecule has 3 fully saturated rings. The predicted molar refractivity (Wildman–Crippen MR) is 147 cm³/mol. The first-order chi connectivity index (χ1) is 18.2. The minimum Gasteiger partial charge on any atom is -0.494 e. The largest absolute Gasteiger partial charge is 0.494 e. The van der Waals surface area contributed by atoms with E-state index >= 15 is 0 Å². The fourth-order valence-electron chi connectivity index (χ4n) is 6.56. The van der Waals surface area contributed by atoms with Crippen LogP contribution in [0, 0.1) is 5.92 Å². The van der Waals surface area contributed by atoms with Crippen molar-refractivity contribution in [3.63, 3.8) is 0 Å². The number of aliphatic carboxylic acids is 1. The molecule has 2 N–H and O–H groups in total. The summed E-state index contributed by atoms with van der Waals surface area (Å²) in [5.41, 5.74) is 1.28. The number of amides is 2. The number of nitrogens with one attached hydrogen (secondary N) is 1. The molecule has 2 aromatic carbocycles. The van der Waals surface area contributed by atoms with E-state index in [4.69, 9.17) is 4.74 Å². The lowest BCUT2D eigenvalue weighted by atomic mass is 9.69. The average Bonchev–Trinajstić information content (AvgIpc) is 3.43. The van der Waals surface area contributed by atoms with Crippen LogP contribution in [0.5, 0.6) is 5.75 Å². The van der Waals surface area contributed by atoms with Crippen LogP contribution in [0.3, 0.4) is 0 Å². The van der Waals surface area contributed by atoms with Gasteiger partial charge in [0.05, 0.1) is 12.0 Å². The van der Waals surface area contributed by atoms with E-state index in [2.05, 4.69) is 24.4 Å². The maximum Gasteiger partial charge on any atom is 0.327 e. The lowest BCUT2D eigenvalue weighted by molar-refractivity contribution is -0.161. The number of β-lactam (4-membered cyclic amide) rings is 1. The van der Waals surface area contributed by atoms with E-state index in [1.54, 1.807) is 0 Å². The molecule has 0 aromatic heterocycles. The van der Waals surface area contributed by atoms with Crippen LogP contribution in [0.1, 0.15) is 57.6 Å². The third-order valence-corrected chi connectivity index (χ3v) is 9.91. The first-order valence-electron chi connectivity index (χ1n) is 13.5. The fraction of sp³-hybridized carbons (Fsp3) is 0.500. The van der Waals surface area contributed by atoms with Gasteiger partial charge >= 0.3 is 5.97 Å². The van der Waals surface area contributed by atoms with Gasteiger partial charge in [-0.15, -0.1) is 11.8 Å². The number of carbonyl (C=O) groups excluding carboxylic acids is 2. The quantitative estimate of drug-likeness (QED) is 0.462. The van der Waals surface area contributed by atoms with Crippen molar-refractivity contribution in [1.29, 1.82) is 0 Å². The van der Waals surface area contributed by atoms with E-state index in [0.717, 1.165) is 37.0 Å². The summed E-state index contributed by atoms with van der Waals surface area (Å²) in [6.07, 6.45) is 4.13. The summed E-state index contributed by atoms with van der Waals surface area (Å²) < 4.78 is 5.29. The number of benzene rings is 2. The Bertz CT molecular complexity index is 1220. The van der Waals surface area contributed by atoms with Gasteiger partial charge in [0.1, 0.15) is 23.2 Å². The summed E-state index contributed by atoms with van der Waals surface area (Å²) in [7, 11) is 0. The minimum absolute atomic E-state index is 0.0528. The zero-order valence-electron chi connectivity index (χ0n) is 22.2. The zero-order chi connectivity index (χ0) is 27.1. The number of carboxylic acid groups (broad SMARTS) is 1. The molecule has 0 spiro atoms. The molecule has 2 saturated heterocycles. The lowest BCUT2D eigenvalue weighted by Crippen LogP contribution is -2.72. The highest BCUT2D eigenvalue weighted by molar-refractivity contribution is 8.01. The van der Waals surface area contributed by atoms with Gasteiger partial charge in [-0.05, 0) is 68.7 Å². The van der Waals surface area contributed by atoms with Crippen molar-refractivity contribution in [2.24, 2.45) is 5.92 Å². The number of hydrogen-bond acceptors (Lipinski definition) is 5. The van der Waals surface area contributed by atoms with Gasteiger partial charge in [-0.1, -0.05) is 55.8 Å². The van der Waals surface area contributed by atoms with Crippen LogP contribution < -0.4 is 10.1 Å². The van der Waals surface area contributed by atoms with Crippen molar-refractivity contribution in [1.82, 2.24) is 10.2 Å². The third-order valence-electron chi connectivity index (χ3n) is 8.33. The van der Waals surface area contributed by atoms with Crippen molar-refractivity contribution in [2.45, 2.75) is 80.5 Å². The van der Waals surface area contributed by atoms with E-state index in [0.29, 0.717) is 13.0 Å². The molecule has 2 aromatic rings. The van der Waals surface area contributed by atoms with Gasteiger partial charge in [-0.3, -0.25) is 9.59 Å². The Morgan fingerprint density at radius 1 is 1.16 bits per heavy atom. The molecule has 2 heterocycles. The fourth-order valence-corrected chi connectivity index (χ4v) is 8.19. The molecule has 0 radical (unpaired) electrons. The number of nitrogens with zero attached hydrogens (tertiary/aromatic N) is 1. The van der Waals surface area contributed by atoms with Crippen LogP contribution in [0.15, 0.2) is 54.6 Å². The monoisotopic (exact) mass is 536 g/mol. The van der Waals surface area contributed by atoms with Crippen molar-refractivity contribution >= 4 is 29.5 Å². The van der Waals surface area contributed by atoms with E-state index in [1.807, 2.05) is 56.3 Å². The predicted octanol–water partition coefficient (Wildman–Crippen LogP) is 4.39. The smallest absolute Gasteiger partial charge is 0.327 e. The molecule has 5 atom stereocenters. The van der Waals surface area contributed by atoms with Crippen molar-refractivity contribution in [3.05, 3.63) is 65.7 Å². The Morgan fingerprint density at radius 2 is 1.92 bits per heavy atom. The summed E-state index contributed by atoms with van der Waals surface area (Å²) in [6.45, 7) is 6.35. The number of carboxylic acids is 1. The molecule has 0 bridgehead atoms. The number of thioether (sulfide) groups is 1.